The maximum Gasteiger partial charge on any atom is 0.261 e. The van der Waals surface area contributed by atoms with E-state index in [1.165, 1.54) is 15.9 Å². The second-order valence-electron chi connectivity index (χ2n) is 13.4. The molecule has 0 radical (unpaired) electrons. The molecule has 216 valence electrons. The fourth-order valence-electron chi connectivity index (χ4n) is 7.85. The van der Waals surface area contributed by atoms with Gasteiger partial charge in [0.1, 0.15) is 5.76 Å². The van der Waals surface area contributed by atoms with Crippen molar-refractivity contribution in [2.45, 2.75) is 84.0 Å². The van der Waals surface area contributed by atoms with Gasteiger partial charge in [-0.25, -0.2) is 0 Å². The molecule has 5 heteroatoms. The van der Waals surface area contributed by atoms with Crippen molar-refractivity contribution >= 4 is 18.7 Å². The summed E-state index contributed by atoms with van der Waals surface area (Å²) in [5, 5.41) is 2.64. The Balaban J connectivity index is 1.49. The molecule has 40 heavy (non-hydrogen) atoms. The van der Waals surface area contributed by atoms with Crippen LogP contribution in [0.25, 0.3) is 0 Å². The highest BCUT2D eigenvalue weighted by Gasteiger charge is 2.55. The first-order valence-electron chi connectivity index (χ1n) is 15.1. The van der Waals surface area contributed by atoms with Crippen LogP contribution in [0.2, 0.25) is 5.04 Å². The van der Waals surface area contributed by atoms with E-state index in [2.05, 4.69) is 107 Å². The lowest BCUT2D eigenvalue weighted by molar-refractivity contribution is -0.201. The summed E-state index contributed by atoms with van der Waals surface area (Å²) in [5.74, 6) is 0.616. The molecule has 1 unspecified atom stereocenters. The highest BCUT2D eigenvalue weighted by molar-refractivity contribution is 6.99. The van der Waals surface area contributed by atoms with E-state index in [-0.39, 0.29) is 21.7 Å². The zero-order valence-electron chi connectivity index (χ0n) is 25.4. The third-order valence-corrected chi connectivity index (χ3v) is 15.2. The number of allylic oxidation sites excluding steroid dienone is 3. The predicted octanol–water partition coefficient (Wildman–Crippen LogP) is 7.14. The number of benzene rings is 2. The first kappa shape index (κ1) is 29.3. The predicted molar refractivity (Wildman–Crippen MR) is 165 cm³/mol. The van der Waals surface area contributed by atoms with E-state index < -0.39 is 8.32 Å². The molecular formula is C35H48O4Si. The summed E-state index contributed by atoms with van der Waals surface area (Å²) >= 11 is 0. The van der Waals surface area contributed by atoms with Gasteiger partial charge in [0.15, 0.2) is 5.79 Å². The van der Waals surface area contributed by atoms with Gasteiger partial charge in [-0.15, -0.1) is 0 Å². The minimum absolute atomic E-state index is 0.00806. The monoisotopic (exact) mass is 560 g/mol. The molecule has 2 aromatic rings. The fourth-order valence-corrected chi connectivity index (χ4v) is 12.4. The molecule has 1 saturated carbocycles. The number of hydrogen-bond donors (Lipinski definition) is 0. The zero-order chi connectivity index (χ0) is 28.5. The van der Waals surface area contributed by atoms with Crippen molar-refractivity contribution in [3.05, 3.63) is 84.1 Å². The van der Waals surface area contributed by atoms with Gasteiger partial charge in [-0.05, 0) is 70.5 Å². The largest absolute Gasteiger partial charge is 0.497 e. The van der Waals surface area contributed by atoms with Gasteiger partial charge < -0.3 is 18.6 Å². The van der Waals surface area contributed by atoms with Gasteiger partial charge >= 0.3 is 0 Å². The van der Waals surface area contributed by atoms with E-state index in [0.717, 1.165) is 50.9 Å². The zero-order valence-corrected chi connectivity index (χ0v) is 26.4. The average Bonchev–Trinajstić information content (AvgIpc) is 3.41. The minimum atomic E-state index is -2.60. The van der Waals surface area contributed by atoms with Crippen molar-refractivity contribution in [2.75, 3.05) is 26.9 Å². The fraction of sp³-hybridized carbons (Fsp3) is 0.543. The Labute approximate surface area is 242 Å². The first-order chi connectivity index (χ1) is 19.1. The molecule has 0 N–H and O–H groups in total. The lowest BCUT2D eigenvalue weighted by Crippen LogP contribution is -2.66. The van der Waals surface area contributed by atoms with Crippen molar-refractivity contribution in [3.63, 3.8) is 0 Å². The molecule has 1 saturated heterocycles. The Morgan fingerprint density at radius 3 is 1.88 bits per heavy atom. The van der Waals surface area contributed by atoms with Gasteiger partial charge in [0, 0.05) is 19.4 Å². The summed E-state index contributed by atoms with van der Waals surface area (Å²) < 4.78 is 25.5. The molecule has 1 heterocycles. The SMILES string of the molecule is COC1=CCC(C)(C2(CCO[Si](c3ccccc3)(c3ccccc3)C(C)(C)C)CCC3(CC2)OCCO3)C=C1C. The maximum absolute atomic E-state index is 7.43. The number of methoxy groups -OCH3 is 1. The van der Waals surface area contributed by atoms with Crippen LogP contribution in [0.1, 0.15) is 73.1 Å². The molecule has 0 bridgehead atoms. The lowest BCUT2D eigenvalue weighted by Gasteiger charge is -2.54. The first-order valence-corrected chi connectivity index (χ1v) is 17.0. The van der Waals surface area contributed by atoms with E-state index in [0.29, 0.717) is 13.2 Å². The van der Waals surface area contributed by atoms with Crippen molar-refractivity contribution in [1.29, 1.82) is 0 Å². The van der Waals surface area contributed by atoms with Gasteiger partial charge in [-0.1, -0.05) is 94.4 Å². The molecule has 5 rings (SSSR count). The van der Waals surface area contributed by atoms with Crippen molar-refractivity contribution in [1.82, 2.24) is 0 Å². The summed E-state index contributed by atoms with van der Waals surface area (Å²) in [4.78, 5) is 0. The standard InChI is InChI=1S/C35H48O4Si/c1-28-27-33(5,18-17-31(28)36-6)34(19-21-35(22-20-34)37-25-26-38-35)23-24-39-40(32(2,3)4,29-13-9-7-10-14-29)30-15-11-8-12-16-30/h7-17,27H,18-26H2,1-6H3. The molecule has 2 aromatic carbocycles. The smallest absolute Gasteiger partial charge is 0.261 e. The number of rotatable bonds is 8. The van der Waals surface area contributed by atoms with E-state index >= 15 is 0 Å². The van der Waals surface area contributed by atoms with Crippen LogP contribution in [0.4, 0.5) is 0 Å². The van der Waals surface area contributed by atoms with Crippen LogP contribution in [0.3, 0.4) is 0 Å². The lowest BCUT2D eigenvalue weighted by atomic mass is 9.53. The van der Waals surface area contributed by atoms with Gasteiger partial charge in [0.2, 0.25) is 0 Å². The van der Waals surface area contributed by atoms with Crippen LogP contribution < -0.4 is 10.4 Å². The summed E-state index contributed by atoms with van der Waals surface area (Å²) in [6.45, 7) is 13.9. The topological polar surface area (TPSA) is 36.9 Å². The Hall–Kier alpha value is -2.18. The second-order valence-corrected chi connectivity index (χ2v) is 17.7. The Morgan fingerprint density at radius 2 is 1.40 bits per heavy atom. The summed E-state index contributed by atoms with van der Waals surface area (Å²) in [6.07, 6.45) is 10.8. The molecule has 2 aliphatic carbocycles. The van der Waals surface area contributed by atoms with Gasteiger partial charge in [0.05, 0.1) is 20.3 Å². The molecule has 3 aliphatic rings. The van der Waals surface area contributed by atoms with Crippen molar-refractivity contribution in [2.24, 2.45) is 10.8 Å². The normalized spacial score (nSPS) is 24.4. The Bertz CT molecular complexity index is 1160. The quantitative estimate of drug-likeness (QED) is 0.322. The molecule has 1 spiro atoms. The molecule has 2 fully saturated rings. The Kier molecular flexibility index (Phi) is 8.24. The van der Waals surface area contributed by atoms with E-state index in [1.54, 1.807) is 7.11 Å². The van der Waals surface area contributed by atoms with Crippen LogP contribution in [0, 0.1) is 10.8 Å². The molecule has 0 amide bonds. The number of hydrogen-bond acceptors (Lipinski definition) is 4. The van der Waals surface area contributed by atoms with Crippen molar-refractivity contribution < 1.29 is 18.6 Å². The highest BCUT2D eigenvalue weighted by atomic mass is 28.4. The van der Waals surface area contributed by atoms with Crippen LogP contribution >= 0.6 is 0 Å². The highest BCUT2D eigenvalue weighted by Crippen LogP contribution is 2.59. The van der Waals surface area contributed by atoms with E-state index in [1.807, 2.05) is 0 Å². The number of ether oxygens (including phenoxy) is 3. The average molecular weight is 561 g/mol. The van der Waals surface area contributed by atoms with E-state index in [4.69, 9.17) is 18.6 Å². The van der Waals surface area contributed by atoms with Crippen LogP contribution in [0.15, 0.2) is 84.1 Å². The molecule has 1 atom stereocenters. The van der Waals surface area contributed by atoms with Gasteiger partial charge in [0.25, 0.3) is 8.32 Å². The van der Waals surface area contributed by atoms with Crippen LogP contribution in [0.5, 0.6) is 0 Å². The van der Waals surface area contributed by atoms with Crippen molar-refractivity contribution in [3.8, 4) is 0 Å². The minimum Gasteiger partial charge on any atom is -0.497 e. The molecule has 1 aliphatic heterocycles. The van der Waals surface area contributed by atoms with Gasteiger partial charge in [-0.2, -0.15) is 0 Å². The summed E-state index contributed by atoms with van der Waals surface area (Å²) in [7, 11) is -0.823. The molecule has 4 nitrogen and oxygen atoms in total. The second kappa shape index (κ2) is 11.2. The third-order valence-electron chi connectivity index (χ3n) is 10.2. The maximum atomic E-state index is 7.43. The van der Waals surface area contributed by atoms with Crippen LogP contribution in [-0.2, 0) is 18.6 Å². The van der Waals surface area contributed by atoms with Crippen LogP contribution in [-0.4, -0.2) is 41.0 Å². The summed E-state index contributed by atoms with van der Waals surface area (Å²) in [6, 6.07) is 22.0. The van der Waals surface area contributed by atoms with Gasteiger partial charge in [-0.3, -0.25) is 0 Å². The third kappa shape index (κ3) is 5.15. The summed E-state index contributed by atoms with van der Waals surface area (Å²) in [5.41, 5.74) is 1.32. The Morgan fingerprint density at radius 1 is 0.850 bits per heavy atom. The van der Waals surface area contributed by atoms with E-state index in [9.17, 15) is 0 Å². The molecule has 0 aromatic heterocycles. The molecular weight excluding hydrogens is 512 g/mol.